The van der Waals surface area contributed by atoms with E-state index in [-0.39, 0.29) is 68.1 Å². The number of aliphatic hydroxyl groups excluding tert-OH is 1. The van der Waals surface area contributed by atoms with Gasteiger partial charge in [0.25, 0.3) is 0 Å². The molecule has 492 valence electrons. The maximum absolute atomic E-state index is 14.6. The van der Waals surface area contributed by atoms with Crippen molar-refractivity contribution in [3.8, 4) is 5.75 Å². The zero-order valence-electron chi connectivity index (χ0n) is 49.8. The molecule has 0 saturated heterocycles. The number of rotatable bonds is 39. The third kappa shape index (κ3) is 26.2. The van der Waals surface area contributed by atoms with E-state index in [4.69, 9.17) is 22.9 Å². The molecule has 0 radical (unpaired) electrons. The number of nitrogens with one attached hydrogen (secondary N) is 10. The van der Waals surface area contributed by atoms with Crippen molar-refractivity contribution in [3.05, 3.63) is 120 Å². The molecule has 22 N–H and O–H groups in total. The fraction of sp³-hybridized carbons (Fsp3) is 0.414. The minimum Gasteiger partial charge on any atom is -0.508 e. The van der Waals surface area contributed by atoms with Crippen LogP contribution < -0.4 is 70.8 Å². The first-order valence-corrected chi connectivity index (χ1v) is 29.9. The van der Waals surface area contributed by atoms with E-state index in [1.165, 1.54) is 55.5 Å². The van der Waals surface area contributed by atoms with Gasteiger partial charge in [-0.05, 0) is 67.0 Å². The molecular weight excluding hydrogens is 1210 g/mol. The van der Waals surface area contributed by atoms with E-state index in [1.54, 1.807) is 66.9 Å². The molecule has 10 atom stereocenters. The van der Waals surface area contributed by atoms with Crippen LogP contribution in [0.4, 0.5) is 0 Å². The predicted molar refractivity (Wildman–Crippen MR) is 329 cm³/mol. The third-order valence-electron chi connectivity index (χ3n) is 13.6. The zero-order valence-corrected chi connectivity index (χ0v) is 50.6. The Bertz CT molecular complexity index is 3140. The molecule has 32 nitrogen and oxygen atoms in total. The number of nitrogens with zero attached hydrogens (tertiary/aromatic N) is 2. The number of hydrogen-bond acceptors (Lipinski definition) is 18. The lowest BCUT2D eigenvalue weighted by Crippen LogP contribution is -2.62. The van der Waals surface area contributed by atoms with Crippen molar-refractivity contribution in [2.75, 3.05) is 25.1 Å². The predicted octanol–water partition coefficient (Wildman–Crippen LogP) is -4.67. The van der Waals surface area contributed by atoms with Crippen LogP contribution >= 0.6 is 11.8 Å². The van der Waals surface area contributed by atoms with E-state index in [2.05, 4.69) is 62.8 Å². The summed E-state index contributed by atoms with van der Waals surface area (Å²) in [5.74, 6) is -14.0. The number of nitrogens with two attached hydrogens (primary N) is 4. The van der Waals surface area contributed by atoms with Crippen LogP contribution in [0.25, 0.3) is 0 Å². The van der Waals surface area contributed by atoms with Crippen molar-refractivity contribution in [3.63, 3.8) is 0 Å². The van der Waals surface area contributed by atoms with Crippen LogP contribution in [0.5, 0.6) is 5.75 Å². The van der Waals surface area contributed by atoms with Gasteiger partial charge in [-0.25, -0.2) is 9.78 Å². The number of aliphatic hydroxyl groups is 1. The number of aliphatic imine (C=N–C) groups is 1. The van der Waals surface area contributed by atoms with Gasteiger partial charge in [0.2, 0.25) is 59.1 Å². The summed E-state index contributed by atoms with van der Waals surface area (Å²) >= 11 is 1.26. The monoisotopic (exact) mass is 1290 g/mol. The molecule has 4 aromatic rings. The number of phenolic OH excluding ortho intramolecular Hbond substituents is 1. The van der Waals surface area contributed by atoms with Crippen LogP contribution in [0.15, 0.2) is 102 Å². The lowest BCUT2D eigenvalue weighted by atomic mass is 10.0. The lowest BCUT2D eigenvalue weighted by Gasteiger charge is -2.28. The number of phenols is 1. The molecule has 0 saturated carbocycles. The van der Waals surface area contributed by atoms with Gasteiger partial charge in [0.1, 0.15) is 60.1 Å². The van der Waals surface area contributed by atoms with Crippen molar-refractivity contribution >= 4 is 88.7 Å². The standard InChI is InChI=1S/C58H78N16O16S/c1-31(75)48(74-55(87)39(66-46(78)28-59)22-32-10-5-3-6-11-32)56(88)72-41(23-33-12-7-4-8-13-33)51(83)67-37(14-9-20-64-58(61)62)49(81)70-42(26-45(60)77)53(85)69-40(24-34-15-17-36(76)18-16-34)52(84)71-43(27-47(79)80)54(86)68-38(19-21-91-2)50(82)73-44(57(89)90)25-35-29-63-30-65-35/h3-8,10-13,15-18,29-31,37-44,48,75-76H,9,14,19-28,59H2,1-2H3,(H2,60,77)(H,63,65)(H,66,78)(H,67,83)(H,68,86)(H,69,85)(H,70,81)(H,71,84)(H,72,88)(H,73,82)(H,74,87)(H,79,80)(H,89,90)(H4,61,62,64)/t31-,37+,38+,39+,40+,41+,42+,43+,44+,48+/m1/s1. The SMILES string of the molecule is CSCC[C@H](NC(=O)[C@H](CC(=O)O)NC(=O)[C@H](Cc1ccc(O)cc1)NC(=O)[C@H](CC(N)=O)NC(=O)[C@H](CCCN=C(N)N)NC(=O)[C@H](Cc1ccccc1)NC(=O)[C@@H](NC(=O)[C@H](Cc1ccccc1)NC(=O)CN)[C@@H](C)O)C(=O)N[C@@H](Cc1cnc[nH]1)C(=O)O. The number of H-pyrrole nitrogens is 1. The Morgan fingerprint density at radius 2 is 0.989 bits per heavy atom. The first-order chi connectivity index (χ1) is 43.3. The van der Waals surface area contributed by atoms with Crippen LogP contribution in [0, 0.1) is 0 Å². The molecular formula is C58H78N16O16S. The van der Waals surface area contributed by atoms with E-state index < -0.39 is 157 Å². The number of primary amides is 1. The number of carbonyl (C=O) groups is 12. The summed E-state index contributed by atoms with van der Waals surface area (Å²) < 4.78 is 0. The second-order valence-electron chi connectivity index (χ2n) is 20.8. The Hall–Kier alpha value is -10.1. The first kappa shape index (κ1) is 73.3. The summed E-state index contributed by atoms with van der Waals surface area (Å²) in [6, 6.07) is 6.94. The van der Waals surface area contributed by atoms with E-state index in [1.807, 2.05) is 0 Å². The lowest BCUT2D eigenvalue weighted by molar-refractivity contribution is -0.143. The molecule has 4 rings (SSSR count). The molecule has 1 aromatic heterocycles. The zero-order chi connectivity index (χ0) is 67.2. The second-order valence-corrected chi connectivity index (χ2v) is 21.8. The van der Waals surface area contributed by atoms with Gasteiger partial charge in [-0.2, -0.15) is 11.8 Å². The number of aliphatic carboxylic acids is 2. The third-order valence-corrected chi connectivity index (χ3v) is 14.2. The van der Waals surface area contributed by atoms with Crippen LogP contribution in [-0.2, 0) is 83.2 Å². The second kappa shape index (κ2) is 37.6. The molecule has 91 heavy (non-hydrogen) atoms. The number of aromatic nitrogens is 2. The maximum Gasteiger partial charge on any atom is 0.326 e. The first-order valence-electron chi connectivity index (χ1n) is 28.5. The number of thioether (sulfide) groups is 1. The molecule has 0 aliphatic rings. The summed E-state index contributed by atoms with van der Waals surface area (Å²) in [4.78, 5) is 174. The topological polar surface area (TPSA) is 539 Å². The highest BCUT2D eigenvalue weighted by molar-refractivity contribution is 7.98. The van der Waals surface area contributed by atoms with Gasteiger partial charge in [-0.15, -0.1) is 0 Å². The summed E-state index contributed by atoms with van der Waals surface area (Å²) in [5.41, 5.74) is 23.9. The molecule has 0 unspecified atom stereocenters. The average Bonchev–Trinajstić information content (AvgIpc) is 2.14. The van der Waals surface area contributed by atoms with Gasteiger partial charge < -0.3 is 96.2 Å². The molecule has 0 aliphatic carbocycles. The number of hydrogen-bond donors (Lipinski definition) is 18. The van der Waals surface area contributed by atoms with Crippen molar-refractivity contribution in [1.29, 1.82) is 0 Å². The van der Waals surface area contributed by atoms with Gasteiger partial charge in [0.15, 0.2) is 5.96 Å². The molecule has 0 spiro atoms. The van der Waals surface area contributed by atoms with Gasteiger partial charge in [0.05, 0.1) is 31.8 Å². The smallest absolute Gasteiger partial charge is 0.326 e. The number of amides is 10. The molecule has 0 bridgehead atoms. The summed E-state index contributed by atoms with van der Waals surface area (Å²) in [7, 11) is 0. The minimum absolute atomic E-state index is 0.0303. The Morgan fingerprint density at radius 3 is 1.45 bits per heavy atom. The number of carboxylic acid groups (broad SMARTS) is 2. The number of carboxylic acids is 2. The van der Waals surface area contributed by atoms with Crippen LogP contribution in [0.1, 0.15) is 61.4 Å². The quantitative estimate of drug-likeness (QED) is 0.0113. The number of imidazole rings is 1. The van der Waals surface area contributed by atoms with E-state index in [9.17, 15) is 78.0 Å². The number of benzene rings is 3. The van der Waals surface area contributed by atoms with Crippen LogP contribution in [-0.4, -0.2) is 193 Å². The average molecular weight is 1290 g/mol. The Kier molecular flexibility index (Phi) is 30.3. The highest BCUT2D eigenvalue weighted by Gasteiger charge is 2.37. The van der Waals surface area contributed by atoms with E-state index in [0.29, 0.717) is 16.8 Å². The van der Waals surface area contributed by atoms with Gasteiger partial charge >= 0.3 is 11.9 Å². The van der Waals surface area contributed by atoms with Crippen LogP contribution in [0.2, 0.25) is 0 Å². The Balaban J connectivity index is 1.65. The molecule has 10 amide bonds. The van der Waals surface area contributed by atoms with Crippen LogP contribution in [0.3, 0.4) is 0 Å². The van der Waals surface area contributed by atoms with Gasteiger partial charge in [0, 0.05) is 44.1 Å². The number of guanidine groups is 1. The Morgan fingerprint density at radius 1 is 0.549 bits per heavy atom. The molecule has 0 aliphatic heterocycles. The van der Waals surface area contributed by atoms with Gasteiger partial charge in [-0.1, -0.05) is 72.8 Å². The molecule has 3 aromatic carbocycles. The van der Waals surface area contributed by atoms with E-state index >= 15 is 0 Å². The normalized spacial score (nSPS) is 14.2. The van der Waals surface area contributed by atoms with Gasteiger partial charge in [-0.3, -0.25) is 57.7 Å². The van der Waals surface area contributed by atoms with E-state index in [0.717, 1.165) is 0 Å². The fourth-order valence-electron chi connectivity index (χ4n) is 8.89. The Labute approximate surface area is 526 Å². The number of carbonyl (C=O) groups excluding carboxylic acids is 10. The number of aromatic hydroxyl groups is 1. The summed E-state index contributed by atoms with van der Waals surface area (Å²) in [6.07, 6.45) is -0.742. The number of aromatic amines is 1. The largest absolute Gasteiger partial charge is 0.508 e. The maximum atomic E-state index is 14.6. The van der Waals surface area contributed by atoms with Crippen molar-refractivity contribution in [2.24, 2.45) is 27.9 Å². The highest BCUT2D eigenvalue weighted by Crippen LogP contribution is 2.15. The molecule has 1 heterocycles. The van der Waals surface area contributed by atoms with Crippen molar-refractivity contribution < 1.29 is 78.0 Å². The molecule has 0 fully saturated rings. The summed E-state index contributed by atoms with van der Waals surface area (Å²) in [5, 5.41) is 62.6. The van der Waals surface area contributed by atoms with Crippen molar-refractivity contribution in [1.82, 2.24) is 57.8 Å². The summed E-state index contributed by atoms with van der Waals surface area (Å²) in [6.45, 7) is 0.602. The highest BCUT2D eigenvalue weighted by atomic mass is 32.2. The fourth-order valence-corrected chi connectivity index (χ4v) is 9.36. The molecule has 33 heteroatoms. The van der Waals surface area contributed by atoms with Crippen molar-refractivity contribution in [2.45, 2.75) is 125 Å². The minimum atomic E-state index is -1.97.